The van der Waals surface area contributed by atoms with Crippen molar-refractivity contribution in [2.75, 3.05) is 13.7 Å². The van der Waals surface area contributed by atoms with Crippen molar-refractivity contribution >= 4 is 29.4 Å². The number of rotatable bonds is 16. The first-order chi connectivity index (χ1) is 18.0. The summed E-state index contributed by atoms with van der Waals surface area (Å²) in [5, 5.41) is 18.5. The van der Waals surface area contributed by atoms with E-state index in [0.29, 0.717) is 19.3 Å². The zero-order valence-electron chi connectivity index (χ0n) is 25.3. The number of Topliss-reactive ketones (excluding diaryl/α,β-unsaturated/α-hetero) is 1. The van der Waals surface area contributed by atoms with E-state index in [4.69, 9.17) is 4.74 Å². The van der Waals surface area contributed by atoms with Crippen LogP contribution in [0.2, 0.25) is 0 Å². The van der Waals surface area contributed by atoms with E-state index in [1.54, 1.807) is 20.9 Å². The van der Waals surface area contributed by atoms with Crippen LogP contribution < -0.4 is 16.0 Å². The van der Waals surface area contributed by atoms with E-state index < -0.39 is 53.6 Å². The number of hydrogen-bond acceptors (Lipinski definition) is 7. The van der Waals surface area contributed by atoms with Gasteiger partial charge in [-0.25, -0.2) is 0 Å². The molecule has 11 nitrogen and oxygen atoms in total. The van der Waals surface area contributed by atoms with Crippen LogP contribution in [0.4, 0.5) is 0 Å². The summed E-state index contributed by atoms with van der Waals surface area (Å²) in [6, 6.07) is -4.00. The number of hydrogen-bond donors (Lipinski definition) is 4. The highest BCUT2D eigenvalue weighted by molar-refractivity contribution is 5.99. The first-order valence-corrected chi connectivity index (χ1v) is 14.0. The second kappa shape index (κ2) is 14.7. The van der Waals surface area contributed by atoms with E-state index in [1.807, 2.05) is 34.6 Å². The van der Waals surface area contributed by atoms with Crippen LogP contribution in [-0.4, -0.2) is 88.9 Å². The van der Waals surface area contributed by atoms with Gasteiger partial charge in [0.05, 0.1) is 18.8 Å². The second-order valence-electron chi connectivity index (χ2n) is 11.6. The third-order valence-electron chi connectivity index (χ3n) is 7.66. The Morgan fingerprint density at radius 1 is 0.872 bits per heavy atom. The van der Waals surface area contributed by atoms with Crippen molar-refractivity contribution in [1.29, 1.82) is 0 Å². The van der Waals surface area contributed by atoms with Crippen molar-refractivity contribution in [2.24, 2.45) is 17.8 Å². The van der Waals surface area contributed by atoms with Crippen LogP contribution in [0.15, 0.2) is 0 Å². The highest BCUT2D eigenvalue weighted by Crippen LogP contribution is 2.29. The van der Waals surface area contributed by atoms with Crippen molar-refractivity contribution in [3.63, 3.8) is 0 Å². The standard InChI is InChI=1S/C28H50N4O7/c1-11-16(5)21(30-27(38)23(17(6)12-2)32(10)19(8)34)25(36)31-22(18(7)33)26(37)29-20(13-15(3)4)24(35)28(9)14-39-28/h15-18,20-23,33H,11-14H2,1-10H3,(H,29,37)(H,30,38)(H,31,36)/t16-,17+,18-,20+,21+,22+,23+,28-/m1/s1. The molecule has 1 rings (SSSR count). The van der Waals surface area contributed by atoms with Crippen LogP contribution >= 0.6 is 0 Å². The minimum atomic E-state index is -1.36. The number of nitrogens with one attached hydrogen (secondary N) is 3. The fraction of sp³-hybridized carbons (Fsp3) is 0.821. The minimum absolute atomic E-state index is 0.0952. The van der Waals surface area contributed by atoms with E-state index in [2.05, 4.69) is 16.0 Å². The molecular formula is C28H50N4O7. The van der Waals surface area contributed by atoms with E-state index in [1.165, 1.54) is 18.7 Å². The van der Waals surface area contributed by atoms with Gasteiger partial charge in [0.15, 0.2) is 5.78 Å². The lowest BCUT2D eigenvalue weighted by Crippen LogP contribution is -2.62. The summed E-state index contributed by atoms with van der Waals surface area (Å²) < 4.78 is 5.27. The molecule has 0 aromatic heterocycles. The summed E-state index contributed by atoms with van der Waals surface area (Å²) in [6.45, 7) is 16.0. The number of epoxide rings is 1. The number of carbonyl (C=O) groups is 5. The SMILES string of the molecule is CC[C@@H](C)[C@H](NC(=O)[C@H]([C@@H](C)CC)N(C)C(C)=O)C(=O)N[C@H](C(=O)N[C@@H](CC(C)C)C(=O)[C@@]1(C)CO1)[C@@H](C)O. The molecule has 4 N–H and O–H groups in total. The molecular weight excluding hydrogens is 504 g/mol. The predicted molar refractivity (Wildman–Crippen MR) is 147 cm³/mol. The molecule has 11 heteroatoms. The lowest BCUT2D eigenvalue weighted by molar-refractivity contribution is -0.141. The molecule has 39 heavy (non-hydrogen) atoms. The summed E-state index contributed by atoms with van der Waals surface area (Å²) in [6.07, 6.45) is 0.280. The summed E-state index contributed by atoms with van der Waals surface area (Å²) in [5.74, 6) is -2.73. The number of amides is 4. The quantitative estimate of drug-likeness (QED) is 0.209. The Morgan fingerprint density at radius 3 is 1.77 bits per heavy atom. The van der Waals surface area contributed by atoms with E-state index in [-0.39, 0.29) is 36.1 Å². The molecule has 0 saturated carbocycles. The van der Waals surface area contributed by atoms with Crippen LogP contribution in [0.5, 0.6) is 0 Å². The summed E-state index contributed by atoms with van der Waals surface area (Å²) in [5.41, 5.74) is -0.943. The highest BCUT2D eigenvalue weighted by Gasteiger charge is 2.50. The zero-order valence-corrected chi connectivity index (χ0v) is 25.3. The van der Waals surface area contributed by atoms with Gasteiger partial charge in [-0.05, 0) is 38.0 Å². The van der Waals surface area contributed by atoms with Crippen molar-refractivity contribution < 1.29 is 33.8 Å². The Hall–Kier alpha value is -2.53. The van der Waals surface area contributed by atoms with Crippen molar-refractivity contribution in [1.82, 2.24) is 20.9 Å². The molecule has 0 radical (unpaired) electrons. The Kier molecular flexibility index (Phi) is 13.0. The van der Waals surface area contributed by atoms with E-state index in [9.17, 15) is 29.1 Å². The zero-order chi connectivity index (χ0) is 30.2. The number of nitrogens with zero attached hydrogens (tertiary/aromatic N) is 1. The Bertz CT molecular complexity index is 887. The molecule has 8 atom stereocenters. The first-order valence-electron chi connectivity index (χ1n) is 14.0. The lowest BCUT2D eigenvalue weighted by atomic mass is 9.92. The maximum atomic E-state index is 13.4. The maximum Gasteiger partial charge on any atom is 0.245 e. The molecule has 1 saturated heterocycles. The van der Waals surface area contributed by atoms with Crippen LogP contribution in [0.25, 0.3) is 0 Å². The molecule has 1 heterocycles. The van der Waals surface area contributed by atoms with Crippen LogP contribution in [0, 0.1) is 17.8 Å². The lowest BCUT2D eigenvalue weighted by Gasteiger charge is -2.34. The van der Waals surface area contributed by atoms with Gasteiger partial charge in [-0.15, -0.1) is 0 Å². The van der Waals surface area contributed by atoms with Gasteiger partial charge in [0.25, 0.3) is 0 Å². The third-order valence-corrected chi connectivity index (χ3v) is 7.66. The van der Waals surface area contributed by atoms with Gasteiger partial charge < -0.3 is 30.7 Å². The number of aliphatic hydroxyl groups excluding tert-OH is 1. The number of likely N-dealkylation sites (N-methyl/N-ethyl adjacent to an activating group) is 1. The van der Waals surface area contributed by atoms with Crippen molar-refractivity contribution in [3.8, 4) is 0 Å². The van der Waals surface area contributed by atoms with Crippen molar-refractivity contribution in [3.05, 3.63) is 0 Å². The van der Waals surface area contributed by atoms with Gasteiger partial charge in [-0.1, -0.05) is 54.4 Å². The number of ketones is 1. The van der Waals surface area contributed by atoms with E-state index >= 15 is 0 Å². The number of ether oxygens (including phenoxy) is 1. The maximum absolute atomic E-state index is 13.4. The highest BCUT2D eigenvalue weighted by atomic mass is 16.6. The molecule has 0 unspecified atom stereocenters. The molecule has 0 spiro atoms. The van der Waals surface area contributed by atoms with Gasteiger partial charge in [-0.2, -0.15) is 0 Å². The smallest absolute Gasteiger partial charge is 0.245 e. The Balaban J connectivity index is 3.15. The fourth-order valence-electron chi connectivity index (χ4n) is 4.41. The Morgan fingerprint density at radius 2 is 1.36 bits per heavy atom. The van der Waals surface area contributed by atoms with Crippen LogP contribution in [0.1, 0.15) is 81.6 Å². The molecule has 0 aromatic rings. The Labute approximate surface area is 233 Å². The summed E-state index contributed by atoms with van der Waals surface area (Å²) in [4.78, 5) is 66.4. The molecule has 1 aliphatic heterocycles. The molecule has 0 aliphatic carbocycles. The average molecular weight is 555 g/mol. The first kappa shape index (κ1) is 34.5. The molecule has 0 bridgehead atoms. The molecule has 0 aromatic carbocycles. The van der Waals surface area contributed by atoms with Gasteiger partial charge >= 0.3 is 0 Å². The summed E-state index contributed by atoms with van der Waals surface area (Å²) >= 11 is 0. The average Bonchev–Trinajstić information content (AvgIpc) is 3.61. The predicted octanol–water partition coefficient (Wildman–Crippen LogP) is 1.16. The van der Waals surface area contributed by atoms with E-state index in [0.717, 1.165) is 0 Å². The molecule has 1 aliphatic rings. The largest absolute Gasteiger partial charge is 0.391 e. The molecule has 224 valence electrons. The topological polar surface area (TPSA) is 157 Å². The van der Waals surface area contributed by atoms with Gasteiger partial charge in [0.1, 0.15) is 23.7 Å². The van der Waals surface area contributed by atoms with Gasteiger partial charge in [0, 0.05) is 14.0 Å². The van der Waals surface area contributed by atoms with Crippen LogP contribution in [0.3, 0.4) is 0 Å². The third kappa shape index (κ3) is 9.56. The second-order valence-corrected chi connectivity index (χ2v) is 11.6. The number of aliphatic hydroxyl groups is 1. The normalized spacial score (nSPS) is 21.9. The molecule has 4 amide bonds. The van der Waals surface area contributed by atoms with Crippen LogP contribution in [-0.2, 0) is 28.7 Å². The van der Waals surface area contributed by atoms with Gasteiger partial charge in [-0.3, -0.25) is 24.0 Å². The molecule has 1 fully saturated rings. The van der Waals surface area contributed by atoms with Gasteiger partial charge in [0.2, 0.25) is 23.6 Å². The van der Waals surface area contributed by atoms with Crippen molar-refractivity contribution in [2.45, 2.75) is 117 Å². The monoisotopic (exact) mass is 554 g/mol. The fourth-order valence-corrected chi connectivity index (χ4v) is 4.41. The number of carbonyl (C=O) groups excluding carboxylic acids is 5. The minimum Gasteiger partial charge on any atom is -0.391 e. The summed E-state index contributed by atoms with van der Waals surface area (Å²) in [7, 11) is 1.55.